The molecule has 3 rings (SSSR count). The summed E-state index contributed by atoms with van der Waals surface area (Å²) in [6.07, 6.45) is 0. The Balaban J connectivity index is 2.05. The van der Waals surface area contributed by atoms with Gasteiger partial charge in [0.15, 0.2) is 0 Å². The predicted molar refractivity (Wildman–Crippen MR) is 156 cm³/mol. The van der Waals surface area contributed by atoms with Gasteiger partial charge in [0, 0.05) is 12.1 Å². The molecular formula is C31H39N3O4S. The van der Waals surface area contributed by atoms with E-state index < -0.39 is 34.1 Å². The van der Waals surface area contributed by atoms with E-state index in [0.717, 1.165) is 26.6 Å². The topological polar surface area (TPSA) is 86.8 Å². The highest BCUT2D eigenvalue weighted by molar-refractivity contribution is 7.92. The molecule has 8 heteroatoms. The molecule has 1 N–H and O–H groups in total. The van der Waals surface area contributed by atoms with Crippen molar-refractivity contribution in [1.29, 1.82) is 0 Å². The van der Waals surface area contributed by atoms with E-state index in [1.807, 2.05) is 71.9 Å². The smallest absolute Gasteiger partial charge is 0.264 e. The number of hydrogen-bond donors (Lipinski definition) is 1. The molecule has 0 saturated heterocycles. The minimum absolute atomic E-state index is 0.0839. The highest BCUT2D eigenvalue weighted by Crippen LogP contribution is 2.26. The van der Waals surface area contributed by atoms with Gasteiger partial charge in [0.25, 0.3) is 10.0 Å². The van der Waals surface area contributed by atoms with Crippen molar-refractivity contribution in [3.8, 4) is 0 Å². The number of anilines is 1. The molecule has 0 saturated carbocycles. The molecule has 3 aromatic rings. The largest absolute Gasteiger partial charge is 0.350 e. The van der Waals surface area contributed by atoms with Gasteiger partial charge in [-0.25, -0.2) is 8.42 Å². The second kappa shape index (κ2) is 12.0. The van der Waals surface area contributed by atoms with Gasteiger partial charge >= 0.3 is 0 Å². The van der Waals surface area contributed by atoms with Crippen molar-refractivity contribution >= 4 is 27.5 Å². The average molecular weight is 550 g/mol. The summed E-state index contributed by atoms with van der Waals surface area (Å²) in [5, 5.41) is 2.94. The van der Waals surface area contributed by atoms with Crippen LogP contribution < -0.4 is 9.62 Å². The summed E-state index contributed by atoms with van der Waals surface area (Å²) in [5.74, 6) is -0.794. The molecule has 0 aliphatic carbocycles. The summed E-state index contributed by atoms with van der Waals surface area (Å²) in [7, 11) is -4.08. The number of carbonyl (C=O) groups is 2. The van der Waals surface area contributed by atoms with E-state index >= 15 is 0 Å². The zero-order valence-electron chi connectivity index (χ0n) is 23.9. The third-order valence-electron chi connectivity index (χ3n) is 6.24. The molecule has 0 spiro atoms. The standard InChI is InChI=1S/C31H39N3O4S/c1-22-13-15-26(16-14-22)20-33(25(4)30(36)32-31(5,6)7)29(35)21-34(27-18-23(2)17-24(3)19-27)39(37,38)28-11-9-8-10-12-28/h8-19,25H,20-21H2,1-7H3,(H,32,36)/t25-/m0/s1. The number of rotatable bonds is 9. The van der Waals surface area contributed by atoms with Crippen LogP contribution in [0.4, 0.5) is 5.69 Å². The van der Waals surface area contributed by atoms with Gasteiger partial charge < -0.3 is 10.2 Å². The van der Waals surface area contributed by atoms with Crippen molar-refractivity contribution in [2.24, 2.45) is 0 Å². The van der Waals surface area contributed by atoms with E-state index in [-0.39, 0.29) is 17.3 Å². The Morgan fingerprint density at radius 3 is 1.95 bits per heavy atom. The normalized spacial score (nSPS) is 12.5. The van der Waals surface area contributed by atoms with Crippen LogP contribution in [0.1, 0.15) is 49.9 Å². The Kier molecular flexibility index (Phi) is 9.22. The van der Waals surface area contributed by atoms with Crippen LogP contribution in [0.5, 0.6) is 0 Å². The SMILES string of the molecule is Cc1ccc(CN(C(=O)CN(c2cc(C)cc(C)c2)S(=O)(=O)c2ccccc2)[C@@H](C)C(=O)NC(C)(C)C)cc1. The molecule has 0 bridgehead atoms. The van der Waals surface area contributed by atoms with Crippen molar-refractivity contribution in [3.05, 3.63) is 95.1 Å². The molecule has 0 aliphatic rings. The van der Waals surface area contributed by atoms with Gasteiger partial charge in [0.2, 0.25) is 11.8 Å². The number of aryl methyl sites for hydroxylation is 3. The Hall–Kier alpha value is -3.65. The lowest BCUT2D eigenvalue weighted by Crippen LogP contribution is -2.54. The maximum Gasteiger partial charge on any atom is 0.264 e. The van der Waals surface area contributed by atoms with Crippen LogP contribution in [0, 0.1) is 20.8 Å². The van der Waals surface area contributed by atoms with Crippen LogP contribution in [-0.2, 0) is 26.2 Å². The summed E-state index contributed by atoms with van der Waals surface area (Å²) in [6, 6.07) is 20.4. The second-order valence-electron chi connectivity index (χ2n) is 11.1. The molecular weight excluding hydrogens is 510 g/mol. The molecule has 7 nitrogen and oxygen atoms in total. The minimum Gasteiger partial charge on any atom is -0.350 e. The van der Waals surface area contributed by atoms with Gasteiger partial charge in [-0.1, -0.05) is 54.1 Å². The zero-order chi connectivity index (χ0) is 29.0. The van der Waals surface area contributed by atoms with Crippen LogP contribution in [0.2, 0.25) is 0 Å². The third kappa shape index (κ3) is 7.93. The van der Waals surface area contributed by atoms with Gasteiger partial charge in [0.1, 0.15) is 12.6 Å². The average Bonchev–Trinajstić information content (AvgIpc) is 2.85. The fraction of sp³-hybridized carbons (Fsp3) is 0.355. The zero-order valence-corrected chi connectivity index (χ0v) is 24.7. The first-order chi connectivity index (χ1) is 18.2. The lowest BCUT2D eigenvalue weighted by molar-refractivity contribution is -0.140. The summed E-state index contributed by atoms with van der Waals surface area (Å²) in [4.78, 5) is 28.7. The monoisotopic (exact) mass is 549 g/mol. The highest BCUT2D eigenvalue weighted by atomic mass is 32.2. The first-order valence-electron chi connectivity index (χ1n) is 13.0. The molecule has 3 aromatic carbocycles. The van der Waals surface area contributed by atoms with Crippen molar-refractivity contribution in [2.75, 3.05) is 10.8 Å². The Morgan fingerprint density at radius 2 is 1.41 bits per heavy atom. The van der Waals surface area contributed by atoms with E-state index in [4.69, 9.17) is 0 Å². The van der Waals surface area contributed by atoms with Crippen LogP contribution in [0.3, 0.4) is 0 Å². The number of hydrogen-bond acceptors (Lipinski definition) is 4. The molecule has 1 atom stereocenters. The Morgan fingerprint density at radius 1 is 0.846 bits per heavy atom. The molecule has 208 valence electrons. The number of nitrogens with one attached hydrogen (secondary N) is 1. The molecule has 0 aromatic heterocycles. The first kappa shape index (κ1) is 29.9. The number of benzene rings is 3. The van der Waals surface area contributed by atoms with E-state index in [1.54, 1.807) is 37.3 Å². The van der Waals surface area contributed by atoms with E-state index in [2.05, 4.69) is 5.32 Å². The maximum atomic E-state index is 14.0. The number of sulfonamides is 1. The van der Waals surface area contributed by atoms with Crippen LogP contribution in [-0.4, -0.2) is 43.3 Å². The number of amides is 2. The van der Waals surface area contributed by atoms with Gasteiger partial charge in [-0.05, 0) is 89.4 Å². The summed E-state index contributed by atoms with van der Waals surface area (Å²) >= 11 is 0. The number of nitrogens with zero attached hydrogens (tertiary/aromatic N) is 2. The summed E-state index contributed by atoms with van der Waals surface area (Å²) in [5.41, 5.74) is 3.57. The van der Waals surface area contributed by atoms with Gasteiger partial charge in [-0.3, -0.25) is 13.9 Å². The molecule has 0 fully saturated rings. The molecule has 0 aliphatic heterocycles. The lowest BCUT2D eigenvalue weighted by Gasteiger charge is -2.33. The predicted octanol–water partition coefficient (Wildman–Crippen LogP) is 5.14. The molecule has 2 amide bonds. The minimum atomic E-state index is -4.08. The molecule has 0 heterocycles. The molecule has 0 unspecified atom stereocenters. The Labute approximate surface area is 232 Å². The quantitative estimate of drug-likeness (QED) is 0.401. The van der Waals surface area contributed by atoms with Crippen LogP contribution >= 0.6 is 0 Å². The second-order valence-corrected chi connectivity index (χ2v) is 13.0. The van der Waals surface area contributed by atoms with Crippen LogP contribution in [0.15, 0.2) is 77.7 Å². The number of carbonyl (C=O) groups excluding carboxylic acids is 2. The van der Waals surface area contributed by atoms with Crippen molar-refractivity contribution in [2.45, 2.75) is 71.5 Å². The lowest BCUT2D eigenvalue weighted by atomic mass is 10.1. The summed E-state index contributed by atoms with van der Waals surface area (Å²) in [6.45, 7) is 12.7. The first-order valence-corrected chi connectivity index (χ1v) is 14.4. The fourth-order valence-corrected chi connectivity index (χ4v) is 5.71. The maximum absolute atomic E-state index is 14.0. The van der Waals surface area contributed by atoms with Gasteiger partial charge in [-0.15, -0.1) is 0 Å². The van der Waals surface area contributed by atoms with Crippen molar-refractivity contribution in [1.82, 2.24) is 10.2 Å². The van der Waals surface area contributed by atoms with E-state index in [9.17, 15) is 18.0 Å². The van der Waals surface area contributed by atoms with Crippen LogP contribution in [0.25, 0.3) is 0 Å². The highest BCUT2D eigenvalue weighted by Gasteiger charge is 2.33. The van der Waals surface area contributed by atoms with Crippen molar-refractivity contribution < 1.29 is 18.0 Å². The Bertz CT molecular complexity index is 1390. The fourth-order valence-electron chi connectivity index (χ4n) is 4.29. The third-order valence-corrected chi connectivity index (χ3v) is 8.03. The van der Waals surface area contributed by atoms with Gasteiger partial charge in [0.05, 0.1) is 10.6 Å². The van der Waals surface area contributed by atoms with E-state index in [0.29, 0.717) is 5.69 Å². The summed E-state index contributed by atoms with van der Waals surface area (Å²) < 4.78 is 28.9. The van der Waals surface area contributed by atoms with Crippen molar-refractivity contribution in [3.63, 3.8) is 0 Å². The molecule has 0 radical (unpaired) electrons. The van der Waals surface area contributed by atoms with E-state index in [1.165, 1.54) is 17.0 Å². The molecule has 39 heavy (non-hydrogen) atoms. The van der Waals surface area contributed by atoms with Gasteiger partial charge in [-0.2, -0.15) is 0 Å².